The van der Waals surface area contributed by atoms with Crippen LogP contribution in [0, 0.1) is 0 Å². The molecule has 154 valence electrons. The molecule has 0 bridgehead atoms. The van der Waals surface area contributed by atoms with Crippen LogP contribution in [0.3, 0.4) is 0 Å². The standard InChI is InChI=1S/C21H40O5/c1-2-3-4-5-6-7-8-9-10-11-12-13-14-15-25-21-19(16-22)26-17-18(23)20(21)24/h4-5,18-24H,2-3,6-17H2,1H3/b5-4+/t18-,19+,20+,21+/m1/s1. The molecular formula is C21H40O5. The van der Waals surface area contributed by atoms with E-state index in [1.165, 1.54) is 57.8 Å². The molecule has 0 aromatic carbocycles. The first-order valence-electron chi connectivity index (χ1n) is 10.6. The predicted octanol–water partition coefficient (Wildman–Crippen LogP) is 3.35. The molecule has 3 N–H and O–H groups in total. The van der Waals surface area contributed by atoms with Gasteiger partial charge in [0.15, 0.2) is 0 Å². The van der Waals surface area contributed by atoms with Gasteiger partial charge in [-0.15, -0.1) is 0 Å². The van der Waals surface area contributed by atoms with Crippen molar-refractivity contribution in [1.82, 2.24) is 0 Å². The highest BCUT2D eigenvalue weighted by Gasteiger charge is 2.39. The van der Waals surface area contributed by atoms with Crippen LogP contribution in [0.15, 0.2) is 12.2 Å². The first-order chi connectivity index (χ1) is 12.7. The summed E-state index contributed by atoms with van der Waals surface area (Å²) in [7, 11) is 0. The van der Waals surface area contributed by atoms with E-state index in [1.54, 1.807) is 0 Å². The maximum Gasteiger partial charge on any atom is 0.114 e. The molecule has 5 nitrogen and oxygen atoms in total. The van der Waals surface area contributed by atoms with Gasteiger partial charge in [0, 0.05) is 6.61 Å². The van der Waals surface area contributed by atoms with E-state index in [-0.39, 0.29) is 13.2 Å². The van der Waals surface area contributed by atoms with Crippen LogP contribution in [-0.2, 0) is 9.47 Å². The molecule has 0 aromatic rings. The molecule has 1 rings (SSSR count). The van der Waals surface area contributed by atoms with Crippen molar-refractivity contribution < 1.29 is 24.8 Å². The highest BCUT2D eigenvalue weighted by atomic mass is 16.6. The van der Waals surface area contributed by atoms with E-state index in [2.05, 4.69) is 19.1 Å². The molecule has 1 fully saturated rings. The molecule has 0 radical (unpaired) electrons. The third-order valence-corrected chi connectivity index (χ3v) is 4.96. The normalized spacial score (nSPS) is 26.6. The summed E-state index contributed by atoms with van der Waals surface area (Å²) in [6.45, 7) is 2.57. The van der Waals surface area contributed by atoms with Gasteiger partial charge in [-0.25, -0.2) is 0 Å². The van der Waals surface area contributed by atoms with Crippen molar-refractivity contribution in [2.45, 2.75) is 102 Å². The first kappa shape index (κ1) is 23.6. The molecular weight excluding hydrogens is 332 g/mol. The number of aliphatic hydroxyl groups is 3. The smallest absolute Gasteiger partial charge is 0.114 e. The molecule has 0 aromatic heterocycles. The van der Waals surface area contributed by atoms with Crippen LogP contribution in [0.5, 0.6) is 0 Å². The maximum absolute atomic E-state index is 9.97. The van der Waals surface area contributed by atoms with E-state index in [0.29, 0.717) is 6.61 Å². The van der Waals surface area contributed by atoms with E-state index in [0.717, 1.165) is 12.8 Å². The summed E-state index contributed by atoms with van der Waals surface area (Å²) >= 11 is 0. The largest absolute Gasteiger partial charge is 0.394 e. The van der Waals surface area contributed by atoms with Crippen LogP contribution in [-0.4, -0.2) is 59.6 Å². The second-order valence-electron chi connectivity index (χ2n) is 7.32. The second kappa shape index (κ2) is 15.6. The molecule has 1 aliphatic rings. The van der Waals surface area contributed by atoms with Crippen LogP contribution in [0.1, 0.15) is 77.6 Å². The Morgan fingerprint density at radius 3 is 2.19 bits per heavy atom. The Labute approximate surface area is 159 Å². The number of allylic oxidation sites excluding steroid dienone is 2. The van der Waals surface area contributed by atoms with Gasteiger partial charge in [0.25, 0.3) is 0 Å². The molecule has 0 amide bonds. The van der Waals surface area contributed by atoms with E-state index in [4.69, 9.17) is 9.47 Å². The van der Waals surface area contributed by atoms with Gasteiger partial charge in [-0.2, -0.15) is 0 Å². The Bertz CT molecular complexity index is 345. The quantitative estimate of drug-likeness (QED) is 0.303. The lowest BCUT2D eigenvalue weighted by Crippen LogP contribution is -2.55. The van der Waals surface area contributed by atoms with Gasteiger partial charge in [-0.05, 0) is 25.7 Å². The number of aliphatic hydroxyl groups excluding tert-OH is 3. The van der Waals surface area contributed by atoms with E-state index in [1.807, 2.05) is 0 Å². The second-order valence-corrected chi connectivity index (χ2v) is 7.32. The first-order valence-corrected chi connectivity index (χ1v) is 10.6. The summed E-state index contributed by atoms with van der Waals surface area (Å²) in [5.74, 6) is 0. The van der Waals surface area contributed by atoms with Crippen molar-refractivity contribution in [2.75, 3.05) is 19.8 Å². The summed E-state index contributed by atoms with van der Waals surface area (Å²) in [4.78, 5) is 0. The van der Waals surface area contributed by atoms with Crippen LogP contribution < -0.4 is 0 Å². The van der Waals surface area contributed by atoms with Gasteiger partial charge >= 0.3 is 0 Å². The Hall–Kier alpha value is -0.460. The number of hydrogen-bond acceptors (Lipinski definition) is 5. The van der Waals surface area contributed by atoms with Crippen molar-refractivity contribution in [3.05, 3.63) is 12.2 Å². The van der Waals surface area contributed by atoms with Gasteiger partial charge in [-0.1, -0.05) is 64.0 Å². The number of rotatable bonds is 15. The van der Waals surface area contributed by atoms with E-state index < -0.39 is 24.4 Å². The van der Waals surface area contributed by atoms with Crippen LogP contribution in [0.2, 0.25) is 0 Å². The minimum absolute atomic E-state index is 0.0429. The third-order valence-electron chi connectivity index (χ3n) is 4.96. The van der Waals surface area contributed by atoms with Gasteiger partial charge in [0.1, 0.15) is 24.4 Å². The van der Waals surface area contributed by atoms with E-state index in [9.17, 15) is 15.3 Å². The van der Waals surface area contributed by atoms with Crippen LogP contribution in [0.25, 0.3) is 0 Å². The predicted molar refractivity (Wildman–Crippen MR) is 104 cm³/mol. The lowest BCUT2D eigenvalue weighted by atomic mass is 10.0. The van der Waals surface area contributed by atoms with Crippen molar-refractivity contribution in [3.63, 3.8) is 0 Å². The van der Waals surface area contributed by atoms with Crippen molar-refractivity contribution in [3.8, 4) is 0 Å². The zero-order valence-corrected chi connectivity index (χ0v) is 16.5. The fourth-order valence-corrected chi connectivity index (χ4v) is 3.26. The lowest BCUT2D eigenvalue weighted by molar-refractivity contribution is -0.211. The zero-order chi connectivity index (χ0) is 19.0. The molecule has 4 atom stereocenters. The Morgan fingerprint density at radius 2 is 1.54 bits per heavy atom. The number of ether oxygens (including phenoxy) is 2. The summed E-state index contributed by atoms with van der Waals surface area (Å²) < 4.78 is 11.0. The molecule has 0 aliphatic carbocycles. The Balaban J connectivity index is 1.92. The summed E-state index contributed by atoms with van der Waals surface area (Å²) in [5, 5.41) is 28.9. The Morgan fingerprint density at radius 1 is 0.923 bits per heavy atom. The molecule has 26 heavy (non-hydrogen) atoms. The van der Waals surface area contributed by atoms with Gasteiger partial charge in [0.2, 0.25) is 0 Å². The molecule has 1 saturated heterocycles. The summed E-state index contributed by atoms with van der Waals surface area (Å²) in [5.41, 5.74) is 0. The van der Waals surface area contributed by atoms with E-state index >= 15 is 0 Å². The van der Waals surface area contributed by atoms with Crippen molar-refractivity contribution in [2.24, 2.45) is 0 Å². The number of hydrogen-bond donors (Lipinski definition) is 3. The van der Waals surface area contributed by atoms with Crippen LogP contribution in [0.4, 0.5) is 0 Å². The highest BCUT2D eigenvalue weighted by Crippen LogP contribution is 2.19. The maximum atomic E-state index is 9.97. The van der Waals surface area contributed by atoms with Crippen molar-refractivity contribution in [1.29, 1.82) is 0 Å². The highest BCUT2D eigenvalue weighted by molar-refractivity contribution is 4.87. The minimum Gasteiger partial charge on any atom is -0.394 e. The fourth-order valence-electron chi connectivity index (χ4n) is 3.26. The molecule has 5 heteroatoms. The lowest BCUT2D eigenvalue weighted by Gasteiger charge is -2.37. The fraction of sp³-hybridized carbons (Fsp3) is 0.905. The molecule has 1 heterocycles. The van der Waals surface area contributed by atoms with Gasteiger partial charge in [-0.3, -0.25) is 0 Å². The summed E-state index contributed by atoms with van der Waals surface area (Å²) in [6.07, 6.45) is 14.9. The average Bonchev–Trinajstić information content (AvgIpc) is 2.65. The average molecular weight is 373 g/mol. The molecule has 1 aliphatic heterocycles. The van der Waals surface area contributed by atoms with Crippen molar-refractivity contribution >= 4 is 0 Å². The third kappa shape index (κ3) is 10.0. The molecule has 0 spiro atoms. The topological polar surface area (TPSA) is 79.2 Å². The molecule has 0 saturated carbocycles. The number of unbranched alkanes of at least 4 members (excludes halogenated alkanes) is 9. The monoisotopic (exact) mass is 372 g/mol. The Kier molecular flexibility index (Phi) is 14.1. The van der Waals surface area contributed by atoms with Crippen LogP contribution >= 0.6 is 0 Å². The SMILES string of the molecule is CCC/C=C/CCCCCCCCCCO[C@@H]1[C@@H](O)[C@H](O)CO[C@H]1CO. The van der Waals surface area contributed by atoms with Gasteiger partial charge in [0.05, 0.1) is 13.2 Å². The summed E-state index contributed by atoms with van der Waals surface area (Å²) in [6, 6.07) is 0. The molecule has 0 unspecified atom stereocenters. The zero-order valence-electron chi connectivity index (χ0n) is 16.5. The van der Waals surface area contributed by atoms with Gasteiger partial charge < -0.3 is 24.8 Å². The minimum atomic E-state index is -0.988.